The van der Waals surface area contributed by atoms with Crippen molar-refractivity contribution in [2.75, 3.05) is 37.6 Å². The number of nitrogens with zero attached hydrogens (tertiary/aromatic N) is 2. The smallest absolute Gasteiger partial charge is 0.233 e. The van der Waals surface area contributed by atoms with Crippen molar-refractivity contribution in [3.63, 3.8) is 0 Å². The fourth-order valence-electron chi connectivity index (χ4n) is 6.30. The minimum absolute atomic E-state index is 0.136. The van der Waals surface area contributed by atoms with Crippen LogP contribution >= 0.6 is 0 Å². The molecule has 5 heteroatoms. The maximum Gasteiger partial charge on any atom is 0.233 e. The summed E-state index contributed by atoms with van der Waals surface area (Å²) >= 11 is 0. The second-order valence-electron chi connectivity index (χ2n) is 9.70. The average Bonchev–Trinajstić information content (AvgIpc) is 3.39. The molecular weight excluding hydrogens is 365 g/mol. The quantitative estimate of drug-likeness (QED) is 0.833. The zero-order chi connectivity index (χ0) is 19.8. The molecule has 1 aromatic rings. The first kappa shape index (κ1) is 19.5. The maximum atomic E-state index is 15.1. The second kappa shape index (κ2) is 7.99. The molecule has 1 N–H and O–H groups in total. The van der Waals surface area contributed by atoms with Crippen molar-refractivity contribution in [1.82, 2.24) is 10.2 Å². The highest BCUT2D eigenvalue weighted by atomic mass is 19.1. The van der Waals surface area contributed by atoms with E-state index in [-0.39, 0.29) is 17.1 Å². The highest BCUT2D eigenvalue weighted by Gasteiger charge is 2.47. The van der Waals surface area contributed by atoms with Crippen LogP contribution in [0, 0.1) is 11.2 Å². The summed E-state index contributed by atoms with van der Waals surface area (Å²) in [7, 11) is 0. The summed E-state index contributed by atoms with van der Waals surface area (Å²) in [5.74, 6) is 0.378. The molecule has 1 aliphatic carbocycles. The van der Waals surface area contributed by atoms with Crippen LogP contribution in [0.25, 0.3) is 0 Å². The van der Waals surface area contributed by atoms with Crippen LogP contribution in [0.4, 0.5) is 10.1 Å². The fourth-order valence-corrected chi connectivity index (χ4v) is 6.30. The number of rotatable bonds is 3. The molecule has 4 aliphatic rings. The van der Waals surface area contributed by atoms with E-state index in [1.165, 1.54) is 38.8 Å². The minimum Gasteiger partial charge on any atom is -0.317 e. The summed E-state index contributed by atoms with van der Waals surface area (Å²) in [6.07, 6.45) is 10.1. The Morgan fingerprint density at radius 3 is 2.38 bits per heavy atom. The SMILES string of the molecule is O=C1N(c2ccc(C3CCC(N4CCCC4)CC3)cc2F)CCC12CCNCC2. The van der Waals surface area contributed by atoms with Crippen molar-refractivity contribution in [3.8, 4) is 0 Å². The molecule has 4 fully saturated rings. The van der Waals surface area contributed by atoms with Crippen molar-refractivity contribution in [3.05, 3.63) is 29.6 Å². The first-order valence-electron chi connectivity index (χ1n) is 11.7. The third-order valence-electron chi connectivity index (χ3n) is 8.16. The maximum absolute atomic E-state index is 15.1. The number of nitrogens with one attached hydrogen (secondary N) is 1. The topological polar surface area (TPSA) is 35.6 Å². The molecule has 0 radical (unpaired) electrons. The largest absolute Gasteiger partial charge is 0.317 e. The fraction of sp³-hybridized carbons (Fsp3) is 0.708. The summed E-state index contributed by atoms with van der Waals surface area (Å²) in [5.41, 5.74) is 1.35. The van der Waals surface area contributed by atoms with Gasteiger partial charge in [-0.3, -0.25) is 4.79 Å². The van der Waals surface area contributed by atoms with Gasteiger partial charge in [-0.05, 0) is 108 Å². The first-order valence-corrected chi connectivity index (χ1v) is 11.7. The number of piperidine rings is 1. The van der Waals surface area contributed by atoms with Gasteiger partial charge in [-0.2, -0.15) is 0 Å². The van der Waals surface area contributed by atoms with Gasteiger partial charge in [-0.1, -0.05) is 6.07 Å². The van der Waals surface area contributed by atoms with Crippen LogP contribution in [0.1, 0.15) is 69.3 Å². The number of anilines is 1. The lowest BCUT2D eigenvalue weighted by Crippen LogP contribution is -2.42. The van der Waals surface area contributed by atoms with E-state index in [1.807, 2.05) is 6.07 Å². The number of benzene rings is 1. The van der Waals surface area contributed by atoms with Crippen LogP contribution in [-0.2, 0) is 4.79 Å². The van der Waals surface area contributed by atoms with Crippen molar-refractivity contribution in [1.29, 1.82) is 0 Å². The van der Waals surface area contributed by atoms with E-state index < -0.39 is 0 Å². The summed E-state index contributed by atoms with van der Waals surface area (Å²) in [6.45, 7) is 4.96. The third-order valence-corrected chi connectivity index (χ3v) is 8.16. The Morgan fingerprint density at radius 2 is 1.69 bits per heavy atom. The predicted molar refractivity (Wildman–Crippen MR) is 114 cm³/mol. The van der Waals surface area contributed by atoms with E-state index in [2.05, 4.69) is 16.3 Å². The van der Waals surface area contributed by atoms with E-state index in [1.54, 1.807) is 11.0 Å². The van der Waals surface area contributed by atoms with Crippen LogP contribution in [-0.4, -0.2) is 49.6 Å². The van der Waals surface area contributed by atoms with Crippen LogP contribution in [0.15, 0.2) is 18.2 Å². The standard InChI is InChI=1S/C24H34FN3O/c25-21-17-19(18-3-6-20(7-4-18)27-14-1-2-15-27)5-8-22(21)28-16-11-24(23(28)29)9-12-26-13-10-24/h5,8,17-18,20,26H,1-4,6-7,9-16H2. The minimum atomic E-state index is -0.260. The zero-order valence-corrected chi connectivity index (χ0v) is 17.5. The summed E-state index contributed by atoms with van der Waals surface area (Å²) in [5, 5.41) is 3.34. The van der Waals surface area contributed by atoms with E-state index in [4.69, 9.17) is 0 Å². The van der Waals surface area contributed by atoms with Gasteiger partial charge in [0.25, 0.3) is 0 Å². The Bertz CT molecular complexity index is 746. The molecule has 3 heterocycles. The molecule has 1 spiro atoms. The van der Waals surface area contributed by atoms with Gasteiger partial charge in [0, 0.05) is 12.6 Å². The van der Waals surface area contributed by atoms with Gasteiger partial charge in [0.15, 0.2) is 0 Å². The van der Waals surface area contributed by atoms with Crippen molar-refractivity contribution >= 4 is 11.6 Å². The van der Waals surface area contributed by atoms with Crippen LogP contribution in [0.5, 0.6) is 0 Å². The summed E-state index contributed by atoms with van der Waals surface area (Å²) < 4.78 is 15.1. The Hall–Kier alpha value is -1.46. The summed E-state index contributed by atoms with van der Waals surface area (Å²) in [6, 6.07) is 6.41. The lowest BCUT2D eigenvalue weighted by molar-refractivity contribution is -0.126. The molecule has 0 atom stereocenters. The number of carbonyl (C=O) groups is 1. The van der Waals surface area contributed by atoms with Gasteiger partial charge < -0.3 is 15.1 Å². The van der Waals surface area contributed by atoms with Gasteiger partial charge >= 0.3 is 0 Å². The normalized spacial score (nSPS) is 30.4. The van der Waals surface area contributed by atoms with E-state index in [0.717, 1.165) is 56.8 Å². The molecular formula is C24H34FN3O. The van der Waals surface area contributed by atoms with E-state index >= 15 is 4.39 Å². The molecule has 0 bridgehead atoms. The number of halogens is 1. The number of hydrogen-bond donors (Lipinski definition) is 1. The van der Waals surface area contributed by atoms with Gasteiger partial charge in [0.2, 0.25) is 5.91 Å². The zero-order valence-electron chi connectivity index (χ0n) is 17.5. The lowest BCUT2D eigenvalue weighted by Gasteiger charge is -2.35. The number of hydrogen-bond acceptors (Lipinski definition) is 3. The molecule has 3 saturated heterocycles. The van der Waals surface area contributed by atoms with Crippen LogP contribution < -0.4 is 10.2 Å². The highest BCUT2D eigenvalue weighted by molar-refractivity contribution is 6.00. The van der Waals surface area contributed by atoms with Crippen molar-refractivity contribution < 1.29 is 9.18 Å². The van der Waals surface area contributed by atoms with Crippen molar-refractivity contribution in [2.45, 2.75) is 69.7 Å². The monoisotopic (exact) mass is 399 g/mol. The van der Waals surface area contributed by atoms with Gasteiger partial charge in [0.05, 0.1) is 11.1 Å². The molecule has 4 nitrogen and oxygen atoms in total. The molecule has 1 saturated carbocycles. The van der Waals surface area contributed by atoms with Crippen LogP contribution in [0.3, 0.4) is 0 Å². The van der Waals surface area contributed by atoms with Gasteiger partial charge in [-0.25, -0.2) is 4.39 Å². The highest BCUT2D eigenvalue weighted by Crippen LogP contribution is 2.43. The van der Waals surface area contributed by atoms with E-state index in [9.17, 15) is 4.79 Å². The number of carbonyl (C=O) groups excluding carboxylic acids is 1. The van der Waals surface area contributed by atoms with Crippen molar-refractivity contribution in [2.24, 2.45) is 5.41 Å². The predicted octanol–water partition coefficient (Wildman–Crippen LogP) is 4.05. The number of amides is 1. The molecule has 5 rings (SSSR count). The Morgan fingerprint density at radius 1 is 0.966 bits per heavy atom. The molecule has 1 aromatic carbocycles. The Labute approximate surface area is 173 Å². The Balaban J connectivity index is 1.26. The molecule has 29 heavy (non-hydrogen) atoms. The lowest BCUT2D eigenvalue weighted by atomic mass is 9.77. The first-order chi connectivity index (χ1) is 14.2. The third kappa shape index (κ3) is 3.61. The molecule has 1 amide bonds. The Kier molecular flexibility index (Phi) is 5.37. The average molecular weight is 400 g/mol. The second-order valence-corrected chi connectivity index (χ2v) is 9.70. The number of likely N-dealkylation sites (tertiary alicyclic amines) is 1. The molecule has 0 unspecified atom stereocenters. The van der Waals surface area contributed by atoms with Crippen LogP contribution in [0.2, 0.25) is 0 Å². The van der Waals surface area contributed by atoms with Gasteiger partial charge in [-0.15, -0.1) is 0 Å². The summed E-state index contributed by atoms with van der Waals surface area (Å²) in [4.78, 5) is 17.5. The molecule has 0 aromatic heterocycles. The molecule has 158 valence electrons. The van der Waals surface area contributed by atoms with E-state index in [0.29, 0.717) is 18.2 Å². The molecule has 3 aliphatic heterocycles. The van der Waals surface area contributed by atoms with Gasteiger partial charge in [0.1, 0.15) is 5.82 Å².